The van der Waals surface area contributed by atoms with E-state index in [4.69, 9.17) is 0 Å². The number of rotatable bonds is 6. The van der Waals surface area contributed by atoms with Crippen molar-refractivity contribution in [3.05, 3.63) is 0 Å². The van der Waals surface area contributed by atoms with Crippen LogP contribution in [0.25, 0.3) is 0 Å². The van der Waals surface area contributed by atoms with Gasteiger partial charge in [-0.1, -0.05) is 20.8 Å². The van der Waals surface area contributed by atoms with Gasteiger partial charge in [-0.2, -0.15) is 0 Å². The van der Waals surface area contributed by atoms with Crippen LogP contribution in [0.1, 0.15) is 59.8 Å². The van der Waals surface area contributed by atoms with Crippen LogP contribution < -0.4 is 26.6 Å². The van der Waals surface area contributed by atoms with Gasteiger partial charge in [0, 0.05) is 25.2 Å². The minimum absolute atomic E-state index is 0.0830. The number of hydrogen-bond acceptors (Lipinski definition) is 5. The molecule has 1 saturated heterocycles. The summed E-state index contributed by atoms with van der Waals surface area (Å²) in [5, 5.41) is 16.6. The zero-order valence-corrected chi connectivity index (χ0v) is 18.2. The molecule has 0 aromatic heterocycles. The minimum atomic E-state index is -0.212. The number of nitrogens with one attached hydrogen (secondary N) is 5. The molecule has 1 heterocycles. The van der Waals surface area contributed by atoms with Crippen LogP contribution in [0.3, 0.4) is 0 Å². The Balaban J connectivity index is 1.71. The molecule has 7 heteroatoms. The molecule has 0 spiro atoms. The first kappa shape index (κ1) is 22.4. The zero-order chi connectivity index (χ0) is 20.0. The molecule has 5 N–H and O–H groups in total. The molecule has 0 radical (unpaired) electrons. The highest BCUT2D eigenvalue weighted by Crippen LogP contribution is 2.37. The highest BCUT2D eigenvalue weighted by molar-refractivity contribution is 5.74. The number of hydrogen-bond donors (Lipinski definition) is 5. The topological polar surface area (TPSA) is 80.5 Å². The predicted octanol–water partition coefficient (Wildman–Crippen LogP) is 1.62. The standard InChI is InChI=1S/C20H42N6O/c1-14-13-17(21-11-12-26(5)6)24-18(22-14)25-19(27)23-16-9-7-15(8-10-16)20(2,3)4/h14-18,21-22,24H,7-13H2,1-6H3,(H2,23,25,27). The van der Waals surface area contributed by atoms with E-state index >= 15 is 0 Å². The average molecular weight is 383 g/mol. The number of amides is 2. The largest absolute Gasteiger partial charge is 0.335 e. The molecule has 0 bridgehead atoms. The maximum absolute atomic E-state index is 12.4. The summed E-state index contributed by atoms with van der Waals surface area (Å²) in [6.45, 7) is 11.0. The summed E-state index contributed by atoms with van der Waals surface area (Å²) in [4.78, 5) is 14.6. The number of likely N-dealkylation sites (N-methyl/N-ethyl adjacent to an activating group) is 1. The van der Waals surface area contributed by atoms with Crippen molar-refractivity contribution in [3.8, 4) is 0 Å². The molecule has 2 aliphatic rings. The third-order valence-corrected chi connectivity index (χ3v) is 5.92. The molecule has 1 aliphatic heterocycles. The lowest BCUT2D eigenvalue weighted by Crippen LogP contribution is -2.68. The normalized spacial score (nSPS) is 32.3. The fourth-order valence-electron chi connectivity index (χ4n) is 4.17. The molecular formula is C20H42N6O. The molecular weight excluding hydrogens is 340 g/mol. The number of carbonyl (C=O) groups excluding carboxylic acids is 1. The highest BCUT2D eigenvalue weighted by atomic mass is 16.2. The Labute approximate surface area is 165 Å². The van der Waals surface area contributed by atoms with Crippen molar-refractivity contribution in [3.63, 3.8) is 0 Å². The second kappa shape index (κ2) is 10.0. The fraction of sp³-hybridized carbons (Fsp3) is 0.950. The lowest BCUT2D eigenvalue weighted by molar-refractivity contribution is 0.156. The monoisotopic (exact) mass is 382 g/mol. The molecule has 0 aromatic carbocycles. The van der Waals surface area contributed by atoms with Crippen LogP contribution in [-0.2, 0) is 0 Å². The predicted molar refractivity (Wildman–Crippen MR) is 111 cm³/mol. The second-order valence-corrected chi connectivity index (χ2v) is 9.75. The van der Waals surface area contributed by atoms with Crippen LogP contribution in [0.2, 0.25) is 0 Å². The van der Waals surface area contributed by atoms with E-state index in [1.165, 1.54) is 12.8 Å². The smallest absolute Gasteiger partial charge is 0.317 e. The van der Waals surface area contributed by atoms with Crippen molar-refractivity contribution in [1.29, 1.82) is 0 Å². The summed E-state index contributed by atoms with van der Waals surface area (Å²) in [5.41, 5.74) is 0.369. The molecule has 3 atom stereocenters. The maximum atomic E-state index is 12.4. The van der Waals surface area contributed by atoms with Crippen LogP contribution in [-0.4, -0.2) is 62.7 Å². The van der Waals surface area contributed by atoms with Gasteiger partial charge in [-0.15, -0.1) is 0 Å². The number of urea groups is 1. The van der Waals surface area contributed by atoms with Crippen molar-refractivity contribution < 1.29 is 4.79 Å². The molecule has 1 saturated carbocycles. The number of nitrogens with zero attached hydrogens (tertiary/aromatic N) is 1. The number of carbonyl (C=O) groups is 1. The quantitative estimate of drug-likeness (QED) is 0.482. The van der Waals surface area contributed by atoms with Gasteiger partial charge in [0.15, 0.2) is 0 Å². The first-order valence-electron chi connectivity index (χ1n) is 10.6. The van der Waals surface area contributed by atoms with Gasteiger partial charge in [0.25, 0.3) is 0 Å². The molecule has 1 aliphatic carbocycles. The fourth-order valence-corrected chi connectivity index (χ4v) is 4.17. The lowest BCUT2D eigenvalue weighted by atomic mass is 9.71. The molecule has 158 valence electrons. The van der Waals surface area contributed by atoms with Gasteiger partial charge in [-0.3, -0.25) is 10.6 Å². The second-order valence-electron chi connectivity index (χ2n) is 9.75. The van der Waals surface area contributed by atoms with Crippen LogP contribution in [0.15, 0.2) is 0 Å². The Morgan fingerprint density at radius 1 is 1.07 bits per heavy atom. The molecule has 2 fully saturated rings. The van der Waals surface area contributed by atoms with Crippen molar-refractivity contribution in [1.82, 2.24) is 31.5 Å². The van der Waals surface area contributed by atoms with Crippen LogP contribution in [0.5, 0.6) is 0 Å². The van der Waals surface area contributed by atoms with E-state index in [-0.39, 0.29) is 18.5 Å². The Kier molecular flexibility index (Phi) is 8.34. The summed E-state index contributed by atoms with van der Waals surface area (Å²) in [6, 6.07) is 0.551. The van der Waals surface area contributed by atoms with Crippen LogP contribution in [0, 0.1) is 11.3 Å². The first-order valence-corrected chi connectivity index (χ1v) is 10.6. The van der Waals surface area contributed by atoms with Crippen molar-refractivity contribution in [2.75, 3.05) is 27.2 Å². The van der Waals surface area contributed by atoms with Gasteiger partial charge in [0.2, 0.25) is 0 Å². The summed E-state index contributed by atoms with van der Waals surface area (Å²) in [7, 11) is 4.15. The molecule has 3 unspecified atom stereocenters. The van der Waals surface area contributed by atoms with E-state index in [1.54, 1.807) is 0 Å². The molecule has 7 nitrogen and oxygen atoms in total. The van der Waals surface area contributed by atoms with Gasteiger partial charge in [-0.25, -0.2) is 4.79 Å². The molecule has 2 rings (SSSR count). The van der Waals surface area contributed by atoms with Crippen LogP contribution in [0.4, 0.5) is 4.79 Å². The van der Waals surface area contributed by atoms with Crippen molar-refractivity contribution >= 4 is 6.03 Å². The summed E-state index contributed by atoms with van der Waals surface area (Å²) in [6.07, 6.45) is 5.53. The average Bonchev–Trinajstić information content (AvgIpc) is 2.53. The Morgan fingerprint density at radius 2 is 1.74 bits per heavy atom. The molecule has 27 heavy (non-hydrogen) atoms. The van der Waals surface area contributed by atoms with Gasteiger partial charge < -0.3 is 20.9 Å². The zero-order valence-electron chi connectivity index (χ0n) is 18.2. The maximum Gasteiger partial charge on any atom is 0.317 e. The van der Waals surface area contributed by atoms with Gasteiger partial charge in [-0.05, 0) is 64.5 Å². The SMILES string of the molecule is CC1CC(NCCN(C)C)NC(NC(=O)NC2CCC(C(C)(C)C)CC2)N1. The van der Waals surface area contributed by atoms with E-state index in [0.29, 0.717) is 17.5 Å². The van der Waals surface area contributed by atoms with Crippen molar-refractivity contribution in [2.45, 2.75) is 84.3 Å². The molecule has 0 aromatic rings. The van der Waals surface area contributed by atoms with E-state index in [1.807, 2.05) is 0 Å². The highest BCUT2D eigenvalue weighted by Gasteiger charge is 2.31. The Bertz CT molecular complexity index is 456. The lowest BCUT2D eigenvalue weighted by Gasteiger charge is -2.38. The van der Waals surface area contributed by atoms with Crippen LogP contribution >= 0.6 is 0 Å². The summed E-state index contributed by atoms with van der Waals surface area (Å²) < 4.78 is 0. The minimum Gasteiger partial charge on any atom is -0.335 e. The van der Waals surface area contributed by atoms with Gasteiger partial charge in [0.05, 0.1) is 6.17 Å². The van der Waals surface area contributed by atoms with E-state index in [9.17, 15) is 4.79 Å². The first-order chi connectivity index (χ1) is 12.6. The Hall–Kier alpha value is -0.890. The Morgan fingerprint density at radius 3 is 2.33 bits per heavy atom. The third kappa shape index (κ3) is 7.94. The summed E-state index contributed by atoms with van der Waals surface area (Å²) in [5.74, 6) is 0.759. The van der Waals surface area contributed by atoms with E-state index in [2.05, 4.69) is 73.3 Å². The van der Waals surface area contributed by atoms with Crippen molar-refractivity contribution in [2.24, 2.45) is 11.3 Å². The van der Waals surface area contributed by atoms with E-state index in [0.717, 1.165) is 38.3 Å². The van der Waals surface area contributed by atoms with Gasteiger partial charge >= 0.3 is 6.03 Å². The van der Waals surface area contributed by atoms with E-state index < -0.39 is 0 Å². The molecule has 2 amide bonds. The van der Waals surface area contributed by atoms with Gasteiger partial charge in [0.1, 0.15) is 6.29 Å². The summed E-state index contributed by atoms with van der Waals surface area (Å²) >= 11 is 0. The third-order valence-electron chi connectivity index (χ3n) is 5.92.